The second-order valence-corrected chi connectivity index (χ2v) is 3.71. The van der Waals surface area contributed by atoms with E-state index in [1.165, 1.54) is 18.3 Å². The standard InChI is InChI=1S/C11H9FN4O3/c12-6-3-5(10(14)17)1-2-8(6)16-4-7(13)9(15-16)11(18)19/h1-4H,13H2,(H2,14,17)(H,18,19). The van der Waals surface area contributed by atoms with Crippen LogP contribution in [0.5, 0.6) is 0 Å². The Morgan fingerprint density at radius 2 is 2.05 bits per heavy atom. The molecule has 5 N–H and O–H groups in total. The molecule has 8 heteroatoms. The third-order valence-corrected chi connectivity index (χ3v) is 2.42. The van der Waals surface area contributed by atoms with E-state index < -0.39 is 17.7 Å². The van der Waals surface area contributed by atoms with E-state index in [-0.39, 0.29) is 22.6 Å². The molecule has 0 saturated heterocycles. The number of aromatic nitrogens is 2. The number of carbonyl (C=O) groups excluding carboxylic acids is 1. The lowest BCUT2D eigenvalue weighted by atomic mass is 10.2. The lowest BCUT2D eigenvalue weighted by molar-refractivity contribution is 0.0691. The van der Waals surface area contributed by atoms with E-state index in [0.29, 0.717) is 0 Å². The molecule has 0 unspecified atom stereocenters. The van der Waals surface area contributed by atoms with Crippen LogP contribution in [-0.4, -0.2) is 26.8 Å². The average molecular weight is 264 g/mol. The molecular weight excluding hydrogens is 255 g/mol. The number of amides is 1. The topological polar surface area (TPSA) is 124 Å². The first-order valence-electron chi connectivity index (χ1n) is 5.08. The quantitative estimate of drug-likeness (QED) is 0.739. The predicted molar refractivity (Wildman–Crippen MR) is 63.4 cm³/mol. The molecule has 19 heavy (non-hydrogen) atoms. The largest absolute Gasteiger partial charge is 0.476 e. The van der Waals surface area contributed by atoms with Gasteiger partial charge in [-0.2, -0.15) is 5.10 Å². The molecule has 0 aliphatic heterocycles. The minimum absolute atomic E-state index is 0.000152. The summed E-state index contributed by atoms with van der Waals surface area (Å²) in [4.78, 5) is 21.7. The van der Waals surface area contributed by atoms with Crippen LogP contribution in [0.2, 0.25) is 0 Å². The minimum atomic E-state index is -1.31. The number of nitrogen functional groups attached to an aromatic ring is 1. The Hall–Kier alpha value is -2.90. The number of carboxylic acids is 1. The molecule has 2 rings (SSSR count). The van der Waals surface area contributed by atoms with Crippen molar-refractivity contribution in [1.82, 2.24) is 9.78 Å². The maximum atomic E-state index is 13.8. The SMILES string of the molecule is NC(=O)c1ccc(-n2cc(N)c(C(=O)O)n2)c(F)c1. The van der Waals surface area contributed by atoms with Crippen molar-refractivity contribution in [2.45, 2.75) is 0 Å². The number of anilines is 1. The molecule has 1 amide bonds. The van der Waals surface area contributed by atoms with E-state index in [4.69, 9.17) is 16.6 Å². The Morgan fingerprint density at radius 3 is 2.53 bits per heavy atom. The predicted octanol–water partition coefficient (Wildman–Crippen LogP) is 0.391. The fourth-order valence-electron chi connectivity index (χ4n) is 1.52. The lowest BCUT2D eigenvalue weighted by Crippen LogP contribution is -2.12. The van der Waals surface area contributed by atoms with Crippen LogP contribution >= 0.6 is 0 Å². The number of benzene rings is 1. The number of nitrogens with two attached hydrogens (primary N) is 2. The molecule has 0 aliphatic rings. The van der Waals surface area contributed by atoms with Gasteiger partial charge in [-0.1, -0.05) is 0 Å². The lowest BCUT2D eigenvalue weighted by Gasteiger charge is -2.04. The van der Waals surface area contributed by atoms with Gasteiger partial charge in [0.05, 0.1) is 11.9 Å². The summed E-state index contributed by atoms with van der Waals surface area (Å²) in [5, 5.41) is 12.5. The van der Waals surface area contributed by atoms with Crippen LogP contribution in [0.3, 0.4) is 0 Å². The number of rotatable bonds is 3. The molecule has 7 nitrogen and oxygen atoms in total. The average Bonchev–Trinajstić information content (AvgIpc) is 2.71. The zero-order chi connectivity index (χ0) is 14.2. The van der Waals surface area contributed by atoms with Crippen LogP contribution in [0.15, 0.2) is 24.4 Å². The van der Waals surface area contributed by atoms with Crippen LogP contribution in [-0.2, 0) is 0 Å². The van der Waals surface area contributed by atoms with Crippen molar-refractivity contribution < 1.29 is 19.1 Å². The third kappa shape index (κ3) is 2.23. The Labute approximate surface area is 106 Å². The van der Waals surface area contributed by atoms with Gasteiger partial charge in [-0.05, 0) is 18.2 Å². The van der Waals surface area contributed by atoms with Crippen molar-refractivity contribution in [3.05, 3.63) is 41.5 Å². The van der Waals surface area contributed by atoms with Crippen LogP contribution in [0.25, 0.3) is 5.69 Å². The molecule has 0 atom stereocenters. The number of primary amides is 1. The van der Waals surface area contributed by atoms with E-state index >= 15 is 0 Å². The fourth-order valence-corrected chi connectivity index (χ4v) is 1.52. The number of hydrogen-bond donors (Lipinski definition) is 3. The molecule has 98 valence electrons. The molecule has 0 radical (unpaired) electrons. The highest BCUT2D eigenvalue weighted by Gasteiger charge is 2.16. The summed E-state index contributed by atoms with van der Waals surface area (Å²) in [6, 6.07) is 3.50. The molecular formula is C11H9FN4O3. The molecule has 0 spiro atoms. The van der Waals surface area contributed by atoms with Crippen molar-refractivity contribution >= 4 is 17.6 Å². The molecule has 1 heterocycles. The van der Waals surface area contributed by atoms with Crippen molar-refractivity contribution in [2.75, 3.05) is 5.73 Å². The number of carboxylic acid groups (broad SMARTS) is 1. The van der Waals surface area contributed by atoms with E-state index in [2.05, 4.69) is 5.10 Å². The number of hydrogen-bond acceptors (Lipinski definition) is 4. The summed E-state index contributed by atoms with van der Waals surface area (Å²) >= 11 is 0. The second kappa shape index (κ2) is 4.41. The Balaban J connectivity index is 2.50. The normalized spacial score (nSPS) is 10.4. The van der Waals surface area contributed by atoms with Gasteiger partial charge in [-0.25, -0.2) is 13.9 Å². The first-order valence-corrected chi connectivity index (χ1v) is 5.08. The molecule has 0 saturated carbocycles. The monoisotopic (exact) mass is 264 g/mol. The van der Waals surface area contributed by atoms with Gasteiger partial charge in [0.25, 0.3) is 0 Å². The van der Waals surface area contributed by atoms with Crippen molar-refractivity contribution in [3.63, 3.8) is 0 Å². The zero-order valence-corrected chi connectivity index (χ0v) is 9.50. The highest BCUT2D eigenvalue weighted by molar-refractivity contribution is 5.93. The highest BCUT2D eigenvalue weighted by Crippen LogP contribution is 2.18. The molecule has 2 aromatic rings. The van der Waals surface area contributed by atoms with Gasteiger partial charge in [-0.15, -0.1) is 0 Å². The summed E-state index contributed by atoms with van der Waals surface area (Å²) in [6.45, 7) is 0. The van der Waals surface area contributed by atoms with E-state index in [1.54, 1.807) is 0 Å². The van der Waals surface area contributed by atoms with Gasteiger partial charge in [0.15, 0.2) is 5.69 Å². The van der Waals surface area contributed by atoms with Crippen molar-refractivity contribution in [1.29, 1.82) is 0 Å². The van der Waals surface area contributed by atoms with Crippen LogP contribution in [0.1, 0.15) is 20.8 Å². The summed E-state index contributed by atoms with van der Waals surface area (Å²) < 4.78 is 14.8. The first-order chi connectivity index (χ1) is 8.90. The summed E-state index contributed by atoms with van der Waals surface area (Å²) in [5.41, 5.74) is 9.95. The van der Waals surface area contributed by atoms with Crippen LogP contribution < -0.4 is 11.5 Å². The molecule has 1 aromatic carbocycles. The maximum absolute atomic E-state index is 13.8. The highest BCUT2D eigenvalue weighted by atomic mass is 19.1. The van der Waals surface area contributed by atoms with Gasteiger partial charge < -0.3 is 16.6 Å². The third-order valence-electron chi connectivity index (χ3n) is 2.42. The Kier molecular flexibility index (Phi) is 2.91. The fraction of sp³-hybridized carbons (Fsp3) is 0. The van der Waals surface area contributed by atoms with E-state index in [1.807, 2.05) is 0 Å². The number of carbonyl (C=O) groups is 2. The maximum Gasteiger partial charge on any atom is 0.358 e. The van der Waals surface area contributed by atoms with E-state index in [9.17, 15) is 14.0 Å². The summed E-state index contributed by atoms with van der Waals surface area (Å²) in [5.74, 6) is -2.85. The van der Waals surface area contributed by atoms with Gasteiger partial charge in [0, 0.05) is 5.56 Å². The van der Waals surface area contributed by atoms with Gasteiger partial charge in [0.1, 0.15) is 11.5 Å². The number of halogens is 1. The van der Waals surface area contributed by atoms with E-state index in [0.717, 1.165) is 10.7 Å². The molecule has 0 aliphatic carbocycles. The molecule has 1 aromatic heterocycles. The number of aromatic carboxylic acids is 1. The van der Waals surface area contributed by atoms with Crippen LogP contribution in [0.4, 0.5) is 10.1 Å². The second-order valence-electron chi connectivity index (χ2n) is 3.71. The van der Waals surface area contributed by atoms with Gasteiger partial charge in [-0.3, -0.25) is 4.79 Å². The van der Waals surface area contributed by atoms with Gasteiger partial charge in [0.2, 0.25) is 5.91 Å². The van der Waals surface area contributed by atoms with Crippen LogP contribution in [0, 0.1) is 5.82 Å². The molecule has 0 bridgehead atoms. The minimum Gasteiger partial charge on any atom is -0.476 e. The Bertz CT molecular complexity index is 681. The number of nitrogens with zero attached hydrogens (tertiary/aromatic N) is 2. The summed E-state index contributed by atoms with van der Waals surface area (Å²) in [7, 11) is 0. The Morgan fingerprint density at radius 1 is 1.37 bits per heavy atom. The van der Waals surface area contributed by atoms with Crippen molar-refractivity contribution in [3.8, 4) is 5.69 Å². The zero-order valence-electron chi connectivity index (χ0n) is 9.50. The van der Waals surface area contributed by atoms with Gasteiger partial charge >= 0.3 is 5.97 Å². The first kappa shape index (κ1) is 12.6. The van der Waals surface area contributed by atoms with Crippen molar-refractivity contribution in [2.24, 2.45) is 5.73 Å². The smallest absolute Gasteiger partial charge is 0.358 e. The molecule has 0 fully saturated rings. The summed E-state index contributed by atoms with van der Waals surface area (Å²) in [6.07, 6.45) is 1.17.